The Morgan fingerprint density at radius 2 is 1.93 bits per heavy atom. The van der Waals surface area contributed by atoms with Crippen LogP contribution in [0.25, 0.3) is 10.2 Å². The molecule has 4 aromatic rings. The molecule has 0 aliphatic rings. The summed E-state index contributed by atoms with van der Waals surface area (Å²) in [6, 6.07) is 14.1. The van der Waals surface area contributed by atoms with Crippen molar-refractivity contribution in [1.82, 2.24) is 14.8 Å². The van der Waals surface area contributed by atoms with Crippen LogP contribution in [0.15, 0.2) is 48.7 Å². The van der Waals surface area contributed by atoms with Crippen LogP contribution in [0.3, 0.4) is 0 Å². The van der Waals surface area contributed by atoms with Gasteiger partial charge in [0, 0.05) is 13.2 Å². The van der Waals surface area contributed by atoms with Crippen molar-refractivity contribution in [1.29, 1.82) is 0 Å². The molecule has 1 amide bonds. The van der Waals surface area contributed by atoms with E-state index in [4.69, 9.17) is 9.72 Å². The van der Waals surface area contributed by atoms with E-state index in [2.05, 4.69) is 31.1 Å². The average molecular weight is 407 g/mol. The van der Waals surface area contributed by atoms with Crippen LogP contribution in [-0.2, 0) is 13.6 Å². The first-order valence-corrected chi connectivity index (χ1v) is 10.1. The van der Waals surface area contributed by atoms with Crippen LogP contribution in [0.5, 0.6) is 5.88 Å². The lowest BCUT2D eigenvalue weighted by molar-refractivity contribution is 0.0982. The number of aromatic nitrogens is 3. The van der Waals surface area contributed by atoms with Crippen LogP contribution in [0.1, 0.15) is 27.0 Å². The zero-order valence-electron chi connectivity index (χ0n) is 16.8. The predicted octanol–water partition coefficient (Wildman–Crippen LogP) is 4.50. The SMILES string of the molecule is COc1nn(C)cc1C(=O)N(Cc1ccccc1)c1nc2c(C)c(C)ccc2s1. The van der Waals surface area contributed by atoms with Crippen molar-refractivity contribution in [3.63, 3.8) is 0 Å². The number of methoxy groups -OCH3 is 1. The number of benzene rings is 2. The number of anilines is 1. The highest BCUT2D eigenvalue weighted by atomic mass is 32.1. The fraction of sp³-hybridized carbons (Fsp3) is 0.227. The zero-order valence-corrected chi connectivity index (χ0v) is 17.7. The molecule has 0 spiro atoms. The second kappa shape index (κ2) is 7.67. The first-order chi connectivity index (χ1) is 14.0. The Kier molecular flexibility index (Phi) is 5.07. The average Bonchev–Trinajstić information content (AvgIpc) is 3.33. The quantitative estimate of drug-likeness (QED) is 0.490. The number of hydrogen-bond acceptors (Lipinski definition) is 5. The van der Waals surface area contributed by atoms with Gasteiger partial charge in [0.15, 0.2) is 5.13 Å². The highest BCUT2D eigenvalue weighted by Gasteiger charge is 2.26. The molecule has 0 radical (unpaired) electrons. The van der Waals surface area contributed by atoms with E-state index >= 15 is 0 Å². The van der Waals surface area contributed by atoms with Crippen molar-refractivity contribution in [3.05, 3.63) is 70.9 Å². The summed E-state index contributed by atoms with van der Waals surface area (Å²) in [4.78, 5) is 20.1. The summed E-state index contributed by atoms with van der Waals surface area (Å²) < 4.78 is 7.96. The smallest absolute Gasteiger partial charge is 0.267 e. The Labute approximate surface area is 173 Å². The Hall–Kier alpha value is -3.19. The van der Waals surface area contributed by atoms with Crippen molar-refractivity contribution in [3.8, 4) is 5.88 Å². The van der Waals surface area contributed by atoms with Gasteiger partial charge in [0.1, 0.15) is 5.56 Å². The van der Waals surface area contributed by atoms with Crippen LogP contribution in [0.2, 0.25) is 0 Å². The summed E-state index contributed by atoms with van der Waals surface area (Å²) in [5.41, 5.74) is 4.70. The molecule has 0 aliphatic heterocycles. The highest BCUT2D eigenvalue weighted by molar-refractivity contribution is 7.22. The van der Waals surface area contributed by atoms with Gasteiger partial charge in [0.25, 0.3) is 5.91 Å². The molecule has 0 N–H and O–H groups in total. The molecule has 0 saturated heterocycles. The van der Waals surface area contributed by atoms with Crippen molar-refractivity contribution in [2.75, 3.05) is 12.0 Å². The maximum atomic E-state index is 13.5. The van der Waals surface area contributed by atoms with E-state index in [1.54, 1.807) is 22.8 Å². The lowest BCUT2D eigenvalue weighted by atomic mass is 10.1. The number of carbonyl (C=O) groups is 1. The van der Waals surface area contributed by atoms with E-state index in [1.807, 2.05) is 30.3 Å². The number of amides is 1. The summed E-state index contributed by atoms with van der Waals surface area (Å²) in [6.07, 6.45) is 1.68. The summed E-state index contributed by atoms with van der Waals surface area (Å²) >= 11 is 1.52. The van der Waals surface area contributed by atoms with E-state index in [1.165, 1.54) is 24.0 Å². The maximum absolute atomic E-state index is 13.5. The van der Waals surface area contributed by atoms with Crippen molar-refractivity contribution in [2.45, 2.75) is 20.4 Å². The van der Waals surface area contributed by atoms with Crippen LogP contribution in [0, 0.1) is 13.8 Å². The molecule has 0 aliphatic carbocycles. The van der Waals surface area contributed by atoms with Gasteiger partial charge in [-0.2, -0.15) is 0 Å². The third-order valence-corrected chi connectivity index (χ3v) is 6.00. The monoisotopic (exact) mass is 406 g/mol. The molecule has 0 unspecified atom stereocenters. The fourth-order valence-electron chi connectivity index (χ4n) is 3.23. The van der Waals surface area contributed by atoms with Gasteiger partial charge in [-0.3, -0.25) is 14.4 Å². The van der Waals surface area contributed by atoms with Crippen LogP contribution in [0.4, 0.5) is 5.13 Å². The summed E-state index contributed by atoms with van der Waals surface area (Å²) in [7, 11) is 3.29. The standard InChI is InChI=1S/C22H22N4O2S/c1-14-10-11-18-19(15(14)2)23-22(29-18)26(12-16-8-6-5-7-9-16)21(27)17-13-25(3)24-20(17)28-4/h5-11,13H,12H2,1-4H3. The Morgan fingerprint density at radius 3 is 2.66 bits per heavy atom. The number of nitrogens with zero attached hydrogens (tertiary/aromatic N) is 4. The zero-order chi connectivity index (χ0) is 20.5. The molecule has 2 aromatic heterocycles. The molecule has 0 saturated carbocycles. The first kappa shape index (κ1) is 19.1. The Balaban J connectivity index is 1.82. The van der Waals surface area contributed by atoms with Crippen molar-refractivity contribution < 1.29 is 9.53 Å². The third kappa shape index (κ3) is 3.61. The molecule has 4 rings (SSSR count). The number of hydrogen-bond donors (Lipinski definition) is 0. The minimum Gasteiger partial charge on any atom is -0.479 e. The van der Waals surface area contributed by atoms with E-state index in [9.17, 15) is 4.79 Å². The number of fused-ring (bicyclic) bond motifs is 1. The van der Waals surface area contributed by atoms with Gasteiger partial charge < -0.3 is 4.74 Å². The molecule has 148 valence electrons. The Morgan fingerprint density at radius 1 is 1.17 bits per heavy atom. The fourth-order valence-corrected chi connectivity index (χ4v) is 4.26. The predicted molar refractivity (Wildman–Crippen MR) is 116 cm³/mol. The summed E-state index contributed by atoms with van der Waals surface area (Å²) in [5, 5.41) is 4.89. The van der Waals surface area contributed by atoms with Crippen LogP contribution >= 0.6 is 11.3 Å². The first-order valence-electron chi connectivity index (χ1n) is 9.28. The largest absolute Gasteiger partial charge is 0.479 e. The number of aryl methyl sites for hydroxylation is 3. The van der Waals surface area contributed by atoms with E-state index in [0.717, 1.165) is 21.3 Å². The van der Waals surface area contributed by atoms with Crippen LogP contribution in [-0.4, -0.2) is 27.8 Å². The van der Waals surface area contributed by atoms with Gasteiger partial charge >= 0.3 is 0 Å². The summed E-state index contributed by atoms with van der Waals surface area (Å²) in [6.45, 7) is 4.55. The Bertz CT molecular complexity index is 1180. The molecule has 29 heavy (non-hydrogen) atoms. The minimum atomic E-state index is -0.188. The molecule has 7 heteroatoms. The molecular weight excluding hydrogens is 384 g/mol. The topological polar surface area (TPSA) is 60.3 Å². The third-order valence-electron chi connectivity index (χ3n) is 4.95. The second-order valence-corrected chi connectivity index (χ2v) is 7.96. The lowest BCUT2D eigenvalue weighted by Gasteiger charge is -2.19. The van der Waals surface area contributed by atoms with Crippen molar-refractivity contribution in [2.24, 2.45) is 7.05 Å². The molecule has 0 atom stereocenters. The minimum absolute atomic E-state index is 0.188. The molecule has 0 bridgehead atoms. The molecule has 2 aromatic carbocycles. The van der Waals surface area contributed by atoms with Gasteiger partial charge in [-0.15, -0.1) is 5.10 Å². The normalized spacial score (nSPS) is 11.0. The summed E-state index contributed by atoms with van der Waals surface area (Å²) in [5.74, 6) is 0.121. The van der Waals surface area contributed by atoms with Gasteiger partial charge in [-0.1, -0.05) is 47.7 Å². The number of carbonyl (C=O) groups excluding carboxylic acids is 1. The van der Waals surface area contributed by atoms with E-state index < -0.39 is 0 Å². The van der Waals surface area contributed by atoms with E-state index in [-0.39, 0.29) is 5.91 Å². The molecule has 2 heterocycles. The molecular formula is C22H22N4O2S. The molecule has 6 nitrogen and oxygen atoms in total. The van der Waals surface area contributed by atoms with Crippen LogP contribution < -0.4 is 9.64 Å². The maximum Gasteiger partial charge on any atom is 0.267 e. The van der Waals surface area contributed by atoms with Gasteiger partial charge in [-0.05, 0) is 36.6 Å². The van der Waals surface area contributed by atoms with E-state index in [0.29, 0.717) is 23.1 Å². The second-order valence-electron chi connectivity index (χ2n) is 6.95. The molecule has 0 fully saturated rings. The number of rotatable bonds is 5. The number of thiazole rings is 1. The van der Waals surface area contributed by atoms with Gasteiger partial charge in [-0.25, -0.2) is 4.98 Å². The van der Waals surface area contributed by atoms with Gasteiger partial charge in [0.05, 0.1) is 23.9 Å². The van der Waals surface area contributed by atoms with Crippen molar-refractivity contribution >= 4 is 32.6 Å². The lowest BCUT2D eigenvalue weighted by Crippen LogP contribution is -2.30. The highest BCUT2D eigenvalue weighted by Crippen LogP contribution is 2.34. The number of ether oxygens (including phenoxy) is 1. The van der Waals surface area contributed by atoms with Gasteiger partial charge in [0.2, 0.25) is 5.88 Å².